The van der Waals surface area contributed by atoms with E-state index >= 15 is 0 Å². The lowest BCUT2D eigenvalue weighted by Crippen LogP contribution is -2.34. The van der Waals surface area contributed by atoms with E-state index in [2.05, 4.69) is 15.8 Å². The van der Waals surface area contributed by atoms with Crippen LogP contribution < -0.4 is 20.2 Å². The third kappa shape index (κ3) is 7.86. The van der Waals surface area contributed by atoms with Crippen LogP contribution in [0.5, 0.6) is 11.5 Å². The van der Waals surface area contributed by atoms with Crippen LogP contribution in [0.15, 0.2) is 108 Å². The van der Waals surface area contributed by atoms with Crippen molar-refractivity contribution in [3.63, 3.8) is 0 Å². The van der Waals surface area contributed by atoms with E-state index < -0.39 is 23.8 Å². The zero-order valence-electron chi connectivity index (χ0n) is 20.9. The van der Waals surface area contributed by atoms with Crippen molar-refractivity contribution < 1.29 is 28.7 Å². The highest BCUT2D eigenvalue weighted by Crippen LogP contribution is 2.26. The third-order valence-electron chi connectivity index (χ3n) is 5.31. The van der Waals surface area contributed by atoms with Crippen molar-refractivity contribution in [2.45, 2.75) is 0 Å². The number of carbonyl (C=O) groups excluding carboxylic acids is 4. The first-order valence-corrected chi connectivity index (χ1v) is 12.3. The van der Waals surface area contributed by atoms with Crippen molar-refractivity contribution in [3.8, 4) is 11.5 Å². The van der Waals surface area contributed by atoms with Gasteiger partial charge >= 0.3 is 11.9 Å². The van der Waals surface area contributed by atoms with Gasteiger partial charge in [0.15, 0.2) is 0 Å². The Morgan fingerprint density at radius 3 is 2.00 bits per heavy atom. The number of hydrogen-bond acceptors (Lipinski definition) is 7. The maximum atomic E-state index is 12.7. The van der Waals surface area contributed by atoms with E-state index in [9.17, 15) is 19.2 Å². The lowest BCUT2D eigenvalue weighted by molar-refractivity contribution is -0.120. The fourth-order valence-electron chi connectivity index (χ4n) is 3.35. The summed E-state index contributed by atoms with van der Waals surface area (Å²) in [5, 5.41) is 6.75. The highest BCUT2D eigenvalue weighted by Gasteiger charge is 2.15. The summed E-state index contributed by atoms with van der Waals surface area (Å²) in [5.74, 6) is -2.13. The van der Waals surface area contributed by atoms with E-state index in [0.717, 1.165) is 0 Å². The lowest BCUT2D eigenvalue weighted by atomic mass is 10.2. The summed E-state index contributed by atoms with van der Waals surface area (Å²) in [5.41, 5.74) is 3.57. The van der Waals surface area contributed by atoms with Gasteiger partial charge in [0, 0.05) is 22.2 Å². The Balaban J connectivity index is 1.44. The highest BCUT2D eigenvalue weighted by atomic mass is 35.5. The molecule has 0 bridgehead atoms. The van der Waals surface area contributed by atoms with Gasteiger partial charge in [0.1, 0.15) is 11.5 Å². The molecule has 0 aliphatic rings. The van der Waals surface area contributed by atoms with E-state index in [-0.39, 0.29) is 18.0 Å². The minimum Gasteiger partial charge on any atom is -0.423 e. The largest absolute Gasteiger partial charge is 0.423 e. The molecule has 4 rings (SSSR count). The molecule has 0 radical (unpaired) electrons. The topological polar surface area (TPSA) is 123 Å². The summed E-state index contributed by atoms with van der Waals surface area (Å²) in [6.45, 7) is -0.340. The molecule has 0 saturated heterocycles. The van der Waals surface area contributed by atoms with Crippen LogP contribution in [0.1, 0.15) is 36.6 Å². The molecule has 0 saturated carbocycles. The SMILES string of the molecule is O=C(CNC(=O)c1cccc(Cl)c1)N/N=C\c1ccc(OC(=O)c2ccccc2)cc1OC(=O)c1ccccc1. The minimum absolute atomic E-state index is 0.0412. The number of hydrazone groups is 1. The van der Waals surface area contributed by atoms with Crippen molar-refractivity contribution in [1.82, 2.24) is 10.7 Å². The summed E-state index contributed by atoms with van der Waals surface area (Å²) in [6, 6.07) is 27.4. The Kier molecular flexibility index (Phi) is 9.36. The second kappa shape index (κ2) is 13.5. The number of nitrogens with one attached hydrogen (secondary N) is 2. The molecule has 40 heavy (non-hydrogen) atoms. The summed E-state index contributed by atoms with van der Waals surface area (Å²) < 4.78 is 11.0. The zero-order valence-corrected chi connectivity index (χ0v) is 21.6. The molecule has 0 atom stereocenters. The van der Waals surface area contributed by atoms with Gasteiger partial charge in [-0.3, -0.25) is 9.59 Å². The molecule has 9 nitrogen and oxygen atoms in total. The number of halogens is 1. The van der Waals surface area contributed by atoms with Crippen LogP contribution in [0.2, 0.25) is 5.02 Å². The molecule has 0 aliphatic heterocycles. The predicted molar refractivity (Wildman–Crippen MR) is 149 cm³/mol. The van der Waals surface area contributed by atoms with Crippen LogP contribution in [-0.4, -0.2) is 36.5 Å². The average Bonchev–Trinajstić information content (AvgIpc) is 2.98. The van der Waals surface area contributed by atoms with Crippen molar-refractivity contribution in [2.24, 2.45) is 5.10 Å². The number of benzene rings is 4. The van der Waals surface area contributed by atoms with Crippen LogP contribution in [-0.2, 0) is 4.79 Å². The van der Waals surface area contributed by atoms with Gasteiger partial charge in [0.2, 0.25) is 0 Å². The number of rotatable bonds is 9. The van der Waals surface area contributed by atoms with Crippen molar-refractivity contribution in [1.29, 1.82) is 0 Å². The minimum atomic E-state index is -0.644. The average molecular weight is 556 g/mol. The molecule has 0 fully saturated rings. The number of nitrogens with zero attached hydrogens (tertiary/aromatic N) is 1. The van der Waals surface area contributed by atoms with Gasteiger partial charge < -0.3 is 14.8 Å². The molecular weight excluding hydrogens is 534 g/mol. The van der Waals surface area contributed by atoms with E-state index in [0.29, 0.717) is 27.3 Å². The normalized spacial score (nSPS) is 10.5. The highest BCUT2D eigenvalue weighted by molar-refractivity contribution is 6.31. The monoisotopic (exact) mass is 555 g/mol. The van der Waals surface area contributed by atoms with E-state index in [1.807, 2.05) is 0 Å². The number of ether oxygens (including phenoxy) is 2. The van der Waals surface area contributed by atoms with Gasteiger partial charge in [-0.15, -0.1) is 0 Å². The van der Waals surface area contributed by atoms with E-state index in [4.69, 9.17) is 21.1 Å². The molecule has 2 amide bonds. The number of carbonyl (C=O) groups is 4. The molecular formula is C30H22ClN3O6. The Bertz CT molecular complexity index is 1560. The molecule has 0 aromatic heterocycles. The first kappa shape index (κ1) is 27.7. The van der Waals surface area contributed by atoms with E-state index in [1.165, 1.54) is 30.5 Å². The van der Waals surface area contributed by atoms with Crippen molar-refractivity contribution in [2.75, 3.05) is 6.54 Å². The van der Waals surface area contributed by atoms with Crippen molar-refractivity contribution in [3.05, 3.63) is 130 Å². The Hall–Kier alpha value is -5.28. The third-order valence-corrected chi connectivity index (χ3v) is 5.54. The van der Waals surface area contributed by atoms with Crippen LogP contribution in [0.4, 0.5) is 0 Å². The maximum Gasteiger partial charge on any atom is 0.343 e. The standard InChI is InChI=1S/C30H22ClN3O6/c31-24-13-7-12-22(16-24)28(36)32-19-27(35)34-33-18-23-14-15-25(39-29(37)20-8-3-1-4-9-20)17-26(23)40-30(38)21-10-5-2-6-11-21/h1-18H,19H2,(H,32,36)(H,34,35)/b33-18-. The fraction of sp³-hybridized carbons (Fsp3) is 0.0333. The number of hydrogen-bond donors (Lipinski definition) is 2. The summed E-state index contributed by atoms with van der Waals surface area (Å²) in [7, 11) is 0. The lowest BCUT2D eigenvalue weighted by Gasteiger charge is -2.10. The first-order valence-electron chi connectivity index (χ1n) is 11.9. The Morgan fingerprint density at radius 2 is 1.35 bits per heavy atom. The Labute approximate surface area is 234 Å². The molecule has 2 N–H and O–H groups in total. The van der Waals surface area contributed by atoms with Gasteiger partial charge in [-0.1, -0.05) is 54.1 Å². The molecule has 0 spiro atoms. The summed E-state index contributed by atoms with van der Waals surface area (Å²) in [6.07, 6.45) is 1.26. The van der Waals surface area contributed by atoms with Gasteiger partial charge in [-0.25, -0.2) is 15.0 Å². The second-order valence-electron chi connectivity index (χ2n) is 8.20. The smallest absolute Gasteiger partial charge is 0.343 e. The molecule has 10 heteroatoms. The Morgan fingerprint density at radius 1 is 0.725 bits per heavy atom. The maximum absolute atomic E-state index is 12.7. The van der Waals surface area contributed by atoms with Crippen LogP contribution in [0.25, 0.3) is 0 Å². The summed E-state index contributed by atoms with van der Waals surface area (Å²) in [4.78, 5) is 49.5. The number of amides is 2. The number of esters is 2. The summed E-state index contributed by atoms with van der Waals surface area (Å²) >= 11 is 5.89. The van der Waals surface area contributed by atoms with Crippen LogP contribution in [0, 0.1) is 0 Å². The fourth-order valence-corrected chi connectivity index (χ4v) is 3.54. The van der Waals surface area contributed by atoms with Gasteiger partial charge in [0.05, 0.1) is 23.9 Å². The van der Waals surface area contributed by atoms with Crippen LogP contribution in [0.3, 0.4) is 0 Å². The molecule has 4 aromatic carbocycles. The quantitative estimate of drug-likeness (QED) is 0.134. The second-order valence-corrected chi connectivity index (χ2v) is 8.63. The zero-order chi connectivity index (χ0) is 28.3. The van der Waals surface area contributed by atoms with Crippen LogP contribution >= 0.6 is 11.6 Å². The molecule has 4 aromatic rings. The first-order chi connectivity index (χ1) is 19.4. The van der Waals surface area contributed by atoms with Gasteiger partial charge in [0.25, 0.3) is 11.8 Å². The van der Waals surface area contributed by atoms with Gasteiger partial charge in [-0.05, 0) is 54.6 Å². The van der Waals surface area contributed by atoms with Crippen molar-refractivity contribution >= 4 is 41.6 Å². The predicted octanol–water partition coefficient (Wildman–Crippen LogP) is 4.66. The van der Waals surface area contributed by atoms with Gasteiger partial charge in [-0.2, -0.15) is 5.10 Å². The molecule has 0 aliphatic carbocycles. The molecule has 200 valence electrons. The molecule has 0 heterocycles. The van der Waals surface area contributed by atoms with E-state index in [1.54, 1.807) is 78.9 Å². The molecule has 0 unspecified atom stereocenters.